The number of benzene rings is 3. The molecule has 1 heterocycles. The predicted octanol–water partition coefficient (Wildman–Crippen LogP) is 6.38. The third-order valence-electron chi connectivity index (χ3n) is 4.57. The predicted molar refractivity (Wildman–Crippen MR) is 106 cm³/mol. The molecule has 0 unspecified atom stereocenters. The molecule has 116 valence electrons. The Balaban J connectivity index is 2.11. The Morgan fingerprint density at radius 1 is 0.708 bits per heavy atom. The van der Waals surface area contributed by atoms with Gasteiger partial charge in [0.05, 0.1) is 11.0 Å². The van der Waals surface area contributed by atoms with Gasteiger partial charge in [0.25, 0.3) is 0 Å². The van der Waals surface area contributed by atoms with E-state index in [2.05, 4.69) is 85.3 Å². The van der Waals surface area contributed by atoms with Gasteiger partial charge in [0.15, 0.2) is 0 Å². The molecule has 0 N–H and O–H groups in total. The van der Waals surface area contributed by atoms with Crippen LogP contribution in [0.2, 0.25) is 0 Å². The van der Waals surface area contributed by atoms with Crippen molar-refractivity contribution in [2.45, 2.75) is 6.92 Å². The average molecular weight is 309 g/mol. The molecule has 0 aliphatic heterocycles. The first-order valence-corrected chi connectivity index (χ1v) is 8.11. The normalized spacial score (nSPS) is 11.0. The van der Waals surface area contributed by atoms with Gasteiger partial charge in [0, 0.05) is 16.5 Å². The molecule has 4 aromatic rings. The second-order valence-corrected chi connectivity index (χ2v) is 6.13. The van der Waals surface area contributed by atoms with Gasteiger partial charge in [-0.05, 0) is 54.4 Å². The third-order valence-corrected chi connectivity index (χ3v) is 4.57. The molecule has 0 spiro atoms. The summed E-state index contributed by atoms with van der Waals surface area (Å²) >= 11 is 0. The van der Waals surface area contributed by atoms with E-state index >= 15 is 0 Å². The summed E-state index contributed by atoms with van der Waals surface area (Å²) in [6.45, 7) is 9.88. The maximum Gasteiger partial charge on any atom is 0.0541 e. The average Bonchev–Trinajstić information content (AvgIpc) is 2.94. The highest BCUT2D eigenvalue weighted by Gasteiger charge is 2.12. The Morgan fingerprint density at radius 2 is 1.29 bits per heavy atom. The molecular weight excluding hydrogens is 290 g/mol. The van der Waals surface area contributed by atoms with Crippen LogP contribution in [-0.4, -0.2) is 4.57 Å². The van der Waals surface area contributed by atoms with Crippen molar-refractivity contribution in [3.05, 3.63) is 90.5 Å². The lowest BCUT2D eigenvalue weighted by molar-refractivity contribution is 1.18. The van der Waals surface area contributed by atoms with Crippen molar-refractivity contribution in [3.63, 3.8) is 0 Å². The maximum absolute atomic E-state index is 3.90. The number of aromatic nitrogens is 1. The summed E-state index contributed by atoms with van der Waals surface area (Å²) in [5.74, 6) is 0. The van der Waals surface area contributed by atoms with Crippen molar-refractivity contribution in [2.75, 3.05) is 0 Å². The van der Waals surface area contributed by atoms with Crippen LogP contribution in [0.4, 0.5) is 0 Å². The molecule has 3 aromatic carbocycles. The molecule has 4 rings (SSSR count). The third kappa shape index (κ3) is 2.17. The molecule has 1 heteroatoms. The minimum atomic E-state index is 1.13. The zero-order valence-corrected chi connectivity index (χ0v) is 13.8. The summed E-state index contributed by atoms with van der Waals surface area (Å²) in [7, 11) is 0. The molecule has 0 aliphatic carbocycles. The lowest BCUT2D eigenvalue weighted by Gasteiger charge is -2.08. The van der Waals surface area contributed by atoms with Gasteiger partial charge >= 0.3 is 0 Å². The summed E-state index contributed by atoms with van der Waals surface area (Å²) < 4.78 is 2.32. The molecule has 24 heavy (non-hydrogen) atoms. The molecule has 0 fully saturated rings. The number of hydrogen-bond acceptors (Lipinski definition) is 0. The first-order valence-electron chi connectivity index (χ1n) is 8.11. The highest BCUT2D eigenvalue weighted by atomic mass is 15.0. The fourth-order valence-electron chi connectivity index (χ4n) is 3.32. The number of rotatable bonds is 3. The molecule has 0 saturated carbocycles. The van der Waals surface area contributed by atoms with Gasteiger partial charge in [-0.3, -0.25) is 0 Å². The molecule has 1 aromatic heterocycles. The quantitative estimate of drug-likeness (QED) is 0.414. The Morgan fingerprint density at radius 3 is 1.96 bits per heavy atom. The largest absolute Gasteiger partial charge is 0.309 e. The molecule has 0 atom stereocenters. The molecule has 0 saturated heterocycles. The summed E-state index contributed by atoms with van der Waals surface area (Å²) in [4.78, 5) is 0. The van der Waals surface area contributed by atoms with Crippen molar-refractivity contribution < 1.29 is 0 Å². The van der Waals surface area contributed by atoms with Crippen LogP contribution < -0.4 is 0 Å². The standard InChI is InChI=1S/C23H19N/c1-4-17-7-10-19(11-8-17)24-22-12-6-16(3)14-20(22)21-15-18(5-2)9-13-23(21)24/h4-15H,1-2H2,3H3. The Bertz CT molecular complexity index is 1080. The van der Waals surface area contributed by atoms with E-state index in [-0.39, 0.29) is 0 Å². The smallest absolute Gasteiger partial charge is 0.0541 e. The first-order chi connectivity index (χ1) is 11.7. The Labute approximate surface area is 142 Å². The van der Waals surface area contributed by atoms with Gasteiger partial charge in [-0.15, -0.1) is 0 Å². The van der Waals surface area contributed by atoms with E-state index in [9.17, 15) is 0 Å². The van der Waals surface area contributed by atoms with Gasteiger partial charge in [-0.25, -0.2) is 0 Å². The van der Waals surface area contributed by atoms with Gasteiger partial charge in [-0.1, -0.05) is 55.1 Å². The van der Waals surface area contributed by atoms with E-state index in [1.54, 1.807) is 0 Å². The fourth-order valence-corrected chi connectivity index (χ4v) is 3.32. The van der Waals surface area contributed by atoms with Crippen LogP contribution in [0.25, 0.3) is 39.6 Å². The van der Waals surface area contributed by atoms with E-state index in [0.29, 0.717) is 0 Å². The van der Waals surface area contributed by atoms with Crippen molar-refractivity contribution in [3.8, 4) is 5.69 Å². The summed E-state index contributed by atoms with van der Waals surface area (Å²) in [5, 5.41) is 2.54. The van der Waals surface area contributed by atoms with Crippen LogP contribution in [0.3, 0.4) is 0 Å². The number of aryl methyl sites for hydroxylation is 1. The number of nitrogens with zero attached hydrogens (tertiary/aromatic N) is 1. The van der Waals surface area contributed by atoms with Crippen molar-refractivity contribution in [2.24, 2.45) is 0 Å². The monoisotopic (exact) mass is 309 g/mol. The molecule has 1 nitrogen and oxygen atoms in total. The second kappa shape index (κ2) is 5.54. The molecule has 0 amide bonds. The van der Waals surface area contributed by atoms with E-state index in [1.165, 1.54) is 27.4 Å². The van der Waals surface area contributed by atoms with Crippen LogP contribution in [0.5, 0.6) is 0 Å². The van der Waals surface area contributed by atoms with Crippen LogP contribution in [-0.2, 0) is 0 Å². The molecule has 0 radical (unpaired) electrons. The van der Waals surface area contributed by atoms with Crippen LogP contribution >= 0.6 is 0 Å². The topological polar surface area (TPSA) is 4.93 Å². The van der Waals surface area contributed by atoms with E-state index in [0.717, 1.165) is 16.8 Å². The summed E-state index contributed by atoms with van der Waals surface area (Å²) in [6, 6.07) is 21.7. The minimum absolute atomic E-state index is 1.13. The summed E-state index contributed by atoms with van der Waals surface area (Å²) in [6.07, 6.45) is 3.77. The van der Waals surface area contributed by atoms with Gasteiger partial charge in [0.1, 0.15) is 0 Å². The fraction of sp³-hybridized carbons (Fsp3) is 0.0435. The minimum Gasteiger partial charge on any atom is -0.309 e. The van der Waals surface area contributed by atoms with Crippen LogP contribution in [0, 0.1) is 6.92 Å². The molecular formula is C23H19N. The lowest BCUT2D eigenvalue weighted by atomic mass is 10.1. The van der Waals surface area contributed by atoms with Crippen LogP contribution in [0.15, 0.2) is 73.8 Å². The molecule has 0 bridgehead atoms. The van der Waals surface area contributed by atoms with Crippen molar-refractivity contribution in [1.82, 2.24) is 4.57 Å². The van der Waals surface area contributed by atoms with Crippen molar-refractivity contribution >= 4 is 34.0 Å². The highest BCUT2D eigenvalue weighted by Crippen LogP contribution is 2.33. The zero-order chi connectivity index (χ0) is 16.7. The van der Waals surface area contributed by atoms with E-state index in [1.807, 2.05) is 12.2 Å². The SMILES string of the molecule is C=Cc1ccc(-n2c3ccc(C)cc3c3cc(C=C)ccc32)cc1. The van der Waals surface area contributed by atoms with Crippen LogP contribution in [0.1, 0.15) is 16.7 Å². The molecule has 0 aliphatic rings. The first kappa shape index (κ1) is 14.5. The van der Waals surface area contributed by atoms with E-state index < -0.39 is 0 Å². The number of fused-ring (bicyclic) bond motifs is 3. The van der Waals surface area contributed by atoms with Gasteiger partial charge < -0.3 is 4.57 Å². The van der Waals surface area contributed by atoms with Crippen molar-refractivity contribution in [1.29, 1.82) is 0 Å². The van der Waals surface area contributed by atoms with Gasteiger partial charge in [0.2, 0.25) is 0 Å². The maximum atomic E-state index is 3.90. The van der Waals surface area contributed by atoms with Gasteiger partial charge in [-0.2, -0.15) is 0 Å². The second-order valence-electron chi connectivity index (χ2n) is 6.13. The Kier molecular flexibility index (Phi) is 3.35. The zero-order valence-electron chi connectivity index (χ0n) is 13.8. The lowest BCUT2D eigenvalue weighted by Crippen LogP contribution is -1.93. The number of hydrogen-bond donors (Lipinski definition) is 0. The van der Waals surface area contributed by atoms with E-state index in [4.69, 9.17) is 0 Å². The highest BCUT2D eigenvalue weighted by molar-refractivity contribution is 6.10. The summed E-state index contributed by atoms with van der Waals surface area (Å²) in [5.41, 5.74) is 7.15. The Hall–Kier alpha value is -3.06.